The summed E-state index contributed by atoms with van der Waals surface area (Å²) in [5.41, 5.74) is 0.387. The van der Waals surface area contributed by atoms with Gasteiger partial charge in [0.15, 0.2) is 5.65 Å². The van der Waals surface area contributed by atoms with Crippen LogP contribution < -0.4 is 0 Å². The van der Waals surface area contributed by atoms with E-state index in [1.165, 1.54) is 0 Å². The molecule has 0 fully saturated rings. The number of rotatable bonds is 0. The Labute approximate surface area is 86.1 Å². The fourth-order valence-electron chi connectivity index (χ4n) is 0.928. The van der Waals surface area contributed by atoms with Gasteiger partial charge in [-0.3, -0.25) is 5.10 Å². The molecule has 2 rings (SSSR count). The Morgan fingerprint density at radius 3 is 2.92 bits per heavy atom. The van der Waals surface area contributed by atoms with Crippen LogP contribution in [0.3, 0.4) is 0 Å². The summed E-state index contributed by atoms with van der Waals surface area (Å²) in [5, 5.41) is 7.06. The summed E-state index contributed by atoms with van der Waals surface area (Å²) in [6.45, 7) is 6.87. The van der Waals surface area contributed by atoms with Gasteiger partial charge in [0.1, 0.15) is 4.60 Å². The second-order valence-electron chi connectivity index (χ2n) is 2.16. The molecule has 2 aromatic heterocycles. The van der Waals surface area contributed by atoms with Gasteiger partial charge < -0.3 is 4.85 Å². The summed E-state index contributed by atoms with van der Waals surface area (Å²) in [6.07, 6.45) is 0. The Morgan fingerprint density at radius 1 is 1.46 bits per heavy atom. The van der Waals surface area contributed by atoms with E-state index in [0.29, 0.717) is 15.6 Å². The van der Waals surface area contributed by atoms with Crippen LogP contribution in [0, 0.1) is 6.57 Å². The van der Waals surface area contributed by atoms with Crippen molar-refractivity contribution < 1.29 is 0 Å². The molecule has 0 atom stereocenters. The zero-order valence-electron chi connectivity index (χ0n) is 6.04. The molecule has 13 heavy (non-hydrogen) atoms. The number of nitrogens with zero attached hydrogens (tertiary/aromatic N) is 4. The second-order valence-corrected chi connectivity index (χ2v) is 3.30. The molecule has 0 bridgehead atoms. The average Bonchev–Trinajstić information content (AvgIpc) is 2.46. The highest BCUT2D eigenvalue weighted by Crippen LogP contribution is 2.28. The molecule has 2 heterocycles. The normalized spacial score (nSPS) is 10.2. The number of hydrogen-bond acceptors (Lipinski definition) is 3. The number of nitrogens with one attached hydrogen (secondary N) is 1. The summed E-state index contributed by atoms with van der Waals surface area (Å²) in [6, 6.07) is 0. The summed E-state index contributed by atoms with van der Waals surface area (Å²) < 4.78 is 0.588. The van der Waals surface area contributed by atoms with Crippen molar-refractivity contribution in [2.24, 2.45) is 0 Å². The molecule has 5 nitrogen and oxygen atoms in total. The Hall–Kier alpha value is -1.19. The van der Waals surface area contributed by atoms with E-state index >= 15 is 0 Å². The number of aromatic amines is 1. The Bertz CT molecular complexity index is 513. The number of H-pyrrole nitrogens is 1. The van der Waals surface area contributed by atoms with Gasteiger partial charge in [-0.1, -0.05) is 11.6 Å². The topological polar surface area (TPSA) is 58.8 Å². The molecule has 0 saturated heterocycles. The van der Waals surface area contributed by atoms with Crippen LogP contribution in [0.5, 0.6) is 0 Å². The first-order chi connectivity index (χ1) is 6.22. The zero-order chi connectivity index (χ0) is 9.42. The largest absolute Gasteiger partial charge is 0.360 e. The fraction of sp³-hybridized carbons (Fsp3) is 0. The molecule has 0 saturated carbocycles. The second kappa shape index (κ2) is 2.94. The number of halogens is 2. The van der Waals surface area contributed by atoms with Crippen LogP contribution in [0.15, 0.2) is 4.60 Å². The molecule has 1 N–H and O–H groups in total. The lowest BCUT2D eigenvalue weighted by Crippen LogP contribution is -1.83. The number of aromatic nitrogens is 4. The van der Waals surface area contributed by atoms with E-state index < -0.39 is 0 Å². The van der Waals surface area contributed by atoms with Crippen LogP contribution in [0.1, 0.15) is 0 Å². The third-order valence-corrected chi connectivity index (χ3v) is 2.17. The number of hydrogen-bond donors (Lipinski definition) is 1. The van der Waals surface area contributed by atoms with Gasteiger partial charge in [-0.2, -0.15) is 10.1 Å². The standard InChI is InChI=1S/C6HBrClN5/c1-9-4-2-3(7)12-13-5(2)11-6(8)10-4/h(H,10,11,12,13). The summed E-state index contributed by atoms with van der Waals surface area (Å²) in [7, 11) is 0. The first kappa shape index (κ1) is 8.41. The van der Waals surface area contributed by atoms with Crippen molar-refractivity contribution in [3.63, 3.8) is 0 Å². The molecule has 2 aromatic rings. The molecular weight excluding hydrogens is 257 g/mol. The van der Waals surface area contributed by atoms with Gasteiger partial charge in [0.25, 0.3) is 5.82 Å². The molecule has 0 amide bonds. The van der Waals surface area contributed by atoms with Crippen molar-refractivity contribution in [1.29, 1.82) is 0 Å². The van der Waals surface area contributed by atoms with Crippen LogP contribution in [0.25, 0.3) is 15.9 Å². The highest BCUT2D eigenvalue weighted by molar-refractivity contribution is 9.10. The molecule has 0 aromatic carbocycles. The maximum Gasteiger partial charge on any atom is 0.319 e. The van der Waals surface area contributed by atoms with E-state index in [1.54, 1.807) is 0 Å². The van der Waals surface area contributed by atoms with Crippen molar-refractivity contribution in [3.05, 3.63) is 21.3 Å². The Balaban J connectivity index is 2.95. The summed E-state index contributed by atoms with van der Waals surface area (Å²) in [4.78, 5) is 10.8. The van der Waals surface area contributed by atoms with E-state index in [2.05, 4.69) is 40.9 Å². The maximum atomic E-state index is 6.87. The van der Waals surface area contributed by atoms with E-state index in [9.17, 15) is 0 Å². The van der Waals surface area contributed by atoms with Crippen LogP contribution in [0.4, 0.5) is 5.82 Å². The maximum absolute atomic E-state index is 6.87. The average molecular weight is 258 g/mol. The predicted octanol–water partition coefficient (Wildman–Crippen LogP) is 2.32. The minimum absolute atomic E-state index is 0.0255. The predicted molar refractivity (Wildman–Crippen MR) is 50.7 cm³/mol. The van der Waals surface area contributed by atoms with Gasteiger partial charge in [0.2, 0.25) is 0 Å². The molecule has 0 radical (unpaired) electrons. The lowest BCUT2D eigenvalue weighted by molar-refractivity contribution is 1.07. The van der Waals surface area contributed by atoms with Gasteiger partial charge in [-0.25, -0.2) is 0 Å². The molecule has 64 valence electrons. The first-order valence-electron chi connectivity index (χ1n) is 3.17. The van der Waals surface area contributed by atoms with Crippen LogP contribution >= 0.6 is 27.5 Å². The monoisotopic (exact) mass is 257 g/mol. The summed E-state index contributed by atoms with van der Waals surface area (Å²) >= 11 is 8.78. The Morgan fingerprint density at radius 2 is 2.23 bits per heavy atom. The van der Waals surface area contributed by atoms with Crippen molar-refractivity contribution in [2.75, 3.05) is 0 Å². The van der Waals surface area contributed by atoms with Crippen molar-refractivity contribution in [1.82, 2.24) is 20.2 Å². The minimum atomic E-state index is 0.0255. The van der Waals surface area contributed by atoms with Gasteiger partial charge in [0, 0.05) is 0 Å². The molecule has 0 aliphatic heterocycles. The van der Waals surface area contributed by atoms with Crippen LogP contribution in [-0.2, 0) is 0 Å². The SMILES string of the molecule is [C-]#[N+]c1nc(Cl)nc2n[nH]c(Br)c12. The van der Waals surface area contributed by atoms with E-state index in [1.807, 2.05) is 0 Å². The first-order valence-corrected chi connectivity index (χ1v) is 4.34. The lowest BCUT2D eigenvalue weighted by Gasteiger charge is -1.90. The molecule has 0 aliphatic rings. The van der Waals surface area contributed by atoms with Gasteiger partial charge in [-0.15, -0.1) is 0 Å². The third kappa shape index (κ3) is 1.26. The minimum Gasteiger partial charge on any atom is -0.360 e. The van der Waals surface area contributed by atoms with Crippen molar-refractivity contribution >= 4 is 44.4 Å². The van der Waals surface area contributed by atoms with Gasteiger partial charge in [0.05, 0.1) is 5.39 Å². The fourth-order valence-corrected chi connectivity index (χ4v) is 1.53. The quantitative estimate of drug-likeness (QED) is 0.583. The molecule has 0 unspecified atom stereocenters. The highest BCUT2D eigenvalue weighted by Gasteiger charge is 2.13. The number of fused-ring (bicyclic) bond motifs is 1. The summed E-state index contributed by atoms with van der Waals surface area (Å²) in [5.74, 6) is 0.190. The van der Waals surface area contributed by atoms with Crippen molar-refractivity contribution in [2.45, 2.75) is 0 Å². The Kier molecular flexibility index (Phi) is 1.90. The third-order valence-electron chi connectivity index (χ3n) is 1.43. The van der Waals surface area contributed by atoms with Gasteiger partial charge in [-0.05, 0) is 27.5 Å². The molecule has 0 aliphatic carbocycles. The van der Waals surface area contributed by atoms with E-state index in [4.69, 9.17) is 18.2 Å². The lowest BCUT2D eigenvalue weighted by atomic mass is 10.4. The van der Waals surface area contributed by atoms with Crippen LogP contribution in [0.2, 0.25) is 5.28 Å². The van der Waals surface area contributed by atoms with E-state index in [-0.39, 0.29) is 11.1 Å². The molecular formula is C6HBrClN5. The van der Waals surface area contributed by atoms with Crippen LogP contribution in [-0.4, -0.2) is 20.2 Å². The van der Waals surface area contributed by atoms with E-state index in [0.717, 1.165) is 0 Å². The highest BCUT2D eigenvalue weighted by atomic mass is 79.9. The van der Waals surface area contributed by atoms with Gasteiger partial charge >= 0.3 is 5.28 Å². The molecule has 7 heteroatoms. The smallest absolute Gasteiger partial charge is 0.319 e. The zero-order valence-corrected chi connectivity index (χ0v) is 8.39. The molecule has 0 spiro atoms. The van der Waals surface area contributed by atoms with Crippen molar-refractivity contribution in [3.8, 4) is 0 Å².